The molecule has 1 aromatic rings. The maximum Gasteiger partial charge on any atom is 0.408 e. The van der Waals surface area contributed by atoms with E-state index in [1.54, 1.807) is 62.6 Å². The van der Waals surface area contributed by atoms with E-state index in [2.05, 4.69) is 10.6 Å². The van der Waals surface area contributed by atoms with Crippen LogP contribution in [0, 0.1) is 6.92 Å². The smallest absolute Gasteiger partial charge is 0.408 e. The molecule has 3 N–H and O–H groups in total. The highest BCUT2D eigenvalue weighted by molar-refractivity contribution is 7.98. The summed E-state index contributed by atoms with van der Waals surface area (Å²) in [6, 6.07) is 3.43. The van der Waals surface area contributed by atoms with Gasteiger partial charge < -0.3 is 25.4 Å². The number of carbonyl (C=O) groups excluding carboxylic acids is 3. The molecule has 0 radical (unpaired) electrons. The van der Waals surface area contributed by atoms with Crippen LogP contribution < -0.4 is 10.6 Å². The number of alkyl carbamates (subject to hydrolysis) is 1. The minimum absolute atomic E-state index is 0.00589. The monoisotopic (exact) mass is 549 g/mol. The number of phenolic OH excluding ortho intramolecular Hbond substituents is 1. The Hall–Kier alpha value is -2.42. The average molecular weight is 550 g/mol. The number of para-hydroxylation sites is 1. The third-order valence-corrected chi connectivity index (χ3v) is 7.35. The molecule has 0 spiro atoms. The Labute approximate surface area is 232 Å². The highest BCUT2D eigenvalue weighted by Gasteiger charge is 2.38. The van der Waals surface area contributed by atoms with Gasteiger partial charge in [0.05, 0.1) is 0 Å². The van der Waals surface area contributed by atoms with Gasteiger partial charge in [0.2, 0.25) is 11.8 Å². The van der Waals surface area contributed by atoms with Crippen LogP contribution in [0.15, 0.2) is 18.2 Å². The van der Waals surface area contributed by atoms with Gasteiger partial charge in [-0.1, -0.05) is 50.8 Å². The van der Waals surface area contributed by atoms with E-state index in [4.69, 9.17) is 4.74 Å². The summed E-state index contributed by atoms with van der Waals surface area (Å²) < 4.78 is 5.44. The van der Waals surface area contributed by atoms with E-state index in [-0.39, 0.29) is 23.6 Å². The van der Waals surface area contributed by atoms with Gasteiger partial charge in [-0.15, -0.1) is 0 Å². The van der Waals surface area contributed by atoms with Crippen molar-refractivity contribution in [3.63, 3.8) is 0 Å². The quantitative estimate of drug-likeness (QED) is 0.319. The second-order valence-corrected chi connectivity index (χ2v) is 12.1. The van der Waals surface area contributed by atoms with Gasteiger partial charge in [-0.05, 0) is 71.0 Å². The van der Waals surface area contributed by atoms with Crippen LogP contribution in [0.3, 0.4) is 0 Å². The molecule has 3 amide bonds. The number of thioether (sulfide) groups is 1. The van der Waals surface area contributed by atoms with Crippen molar-refractivity contribution >= 4 is 29.7 Å². The van der Waals surface area contributed by atoms with E-state index < -0.39 is 23.8 Å². The van der Waals surface area contributed by atoms with E-state index in [1.807, 2.05) is 13.2 Å². The van der Waals surface area contributed by atoms with Crippen molar-refractivity contribution < 1.29 is 24.2 Å². The molecule has 1 aromatic carbocycles. The zero-order valence-corrected chi connectivity index (χ0v) is 24.8. The molecule has 1 saturated carbocycles. The summed E-state index contributed by atoms with van der Waals surface area (Å²) in [6.07, 6.45) is 8.21. The second-order valence-electron chi connectivity index (χ2n) is 11.1. The number of hydrogen-bond donors (Lipinski definition) is 3. The van der Waals surface area contributed by atoms with Crippen LogP contribution in [-0.2, 0) is 14.3 Å². The summed E-state index contributed by atoms with van der Waals surface area (Å²) in [4.78, 5) is 42.3. The van der Waals surface area contributed by atoms with Crippen molar-refractivity contribution in [2.24, 2.45) is 0 Å². The van der Waals surface area contributed by atoms with Crippen molar-refractivity contribution in [3.8, 4) is 5.75 Å². The third kappa shape index (κ3) is 9.71. The van der Waals surface area contributed by atoms with Crippen molar-refractivity contribution in [2.75, 3.05) is 18.6 Å². The number of nitrogens with one attached hydrogen (secondary N) is 2. The fraction of sp³-hybridized carbons (Fsp3) is 0.690. The maximum atomic E-state index is 14.1. The molecule has 1 fully saturated rings. The zero-order valence-electron chi connectivity index (χ0n) is 24.0. The molecular weight excluding hydrogens is 502 g/mol. The molecule has 0 bridgehead atoms. The highest BCUT2D eigenvalue weighted by Crippen LogP contribution is 2.33. The lowest BCUT2D eigenvalue weighted by Crippen LogP contribution is -2.54. The molecule has 0 saturated heterocycles. The Morgan fingerprint density at radius 3 is 2.47 bits per heavy atom. The molecule has 8 nitrogen and oxygen atoms in total. The van der Waals surface area contributed by atoms with Gasteiger partial charge in [-0.2, -0.15) is 11.8 Å². The number of carbonyl (C=O) groups is 3. The van der Waals surface area contributed by atoms with Crippen LogP contribution in [-0.4, -0.2) is 64.2 Å². The van der Waals surface area contributed by atoms with Gasteiger partial charge in [-0.25, -0.2) is 4.79 Å². The van der Waals surface area contributed by atoms with Crippen molar-refractivity contribution in [3.05, 3.63) is 29.3 Å². The highest BCUT2D eigenvalue weighted by atomic mass is 32.2. The van der Waals surface area contributed by atoms with Crippen LogP contribution >= 0.6 is 11.8 Å². The Morgan fingerprint density at radius 1 is 1.18 bits per heavy atom. The van der Waals surface area contributed by atoms with Crippen molar-refractivity contribution in [1.29, 1.82) is 0 Å². The number of nitrogens with zero attached hydrogens (tertiary/aromatic N) is 1. The number of rotatable bonds is 12. The van der Waals surface area contributed by atoms with Crippen molar-refractivity contribution in [2.45, 2.75) is 110 Å². The normalized spacial score (nSPS) is 15.8. The van der Waals surface area contributed by atoms with Crippen LogP contribution in [0.1, 0.15) is 96.2 Å². The summed E-state index contributed by atoms with van der Waals surface area (Å²) in [6.45, 7) is 9.42. The second kappa shape index (κ2) is 15.2. The molecule has 2 rings (SSSR count). The topological polar surface area (TPSA) is 108 Å². The largest absolute Gasteiger partial charge is 0.507 e. The summed E-state index contributed by atoms with van der Waals surface area (Å²) in [5, 5.41) is 16.9. The molecule has 38 heavy (non-hydrogen) atoms. The molecular formula is C29H47N3O5S. The first-order valence-corrected chi connectivity index (χ1v) is 15.3. The number of amides is 3. The van der Waals surface area contributed by atoms with E-state index in [9.17, 15) is 19.5 Å². The summed E-state index contributed by atoms with van der Waals surface area (Å²) in [5.41, 5.74) is 0.310. The predicted molar refractivity (Wildman–Crippen MR) is 153 cm³/mol. The van der Waals surface area contributed by atoms with Gasteiger partial charge in [-0.3, -0.25) is 9.59 Å². The lowest BCUT2D eigenvalue weighted by molar-refractivity contribution is -0.143. The molecule has 0 aromatic heterocycles. The Balaban J connectivity index is 2.48. The average Bonchev–Trinajstić information content (AvgIpc) is 2.85. The van der Waals surface area contributed by atoms with Crippen molar-refractivity contribution in [1.82, 2.24) is 15.5 Å². The van der Waals surface area contributed by atoms with Crippen LogP contribution in [0.4, 0.5) is 4.79 Å². The van der Waals surface area contributed by atoms with Crippen LogP contribution in [0.5, 0.6) is 5.75 Å². The fourth-order valence-corrected chi connectivity index (χ4v) is 5.19. The number of aryl methyl sites for hydroxylation is 1. The maximum absolute atomic E-state index is 14.1. The molecule has 2 atom stereocenters. The van der Waals surface area contributed by atoms with Gasteiger partial charge >= 0.3 is 6.09 Å². The first-order chi connectivity index (χ1) is 18.0. The Kier molecular flexibility index (Phi) is 12.8. The number of aromatic hydroxyl groups is 1. The van der Waals surface area contributed by atoms with Crippen LogP contribution in [0.2, 0.25) is 0 Å². The number of ether oxygens (including phenoxy) is 1. The van der Waals surface area contributed by atoms with E-state index in [0.29, 0.717) is 36.3 Å². The summed E-state index contributed by atoms with van der Waals surface area (Å²) in [5.74, 6) is -0.0137. The summed E-state index contributed by atoms with van der Waals surface area (Å²) >= 11 is 1.57. The SMILES string of the molecule is CCCCN(C(=O)C(CCSC)NC(=O)OC(C)(C)C)C(C(=O)NC1CCCCC1)c1cccc(C)c1O. The van der Waals surface area contributed by atoms with Gasteiger partial charge in [0, 0.05) is 18.2 Å². The molecule has 0 aliphatic heterocycles. The first-order valence-electron chi connectivity index (χ1n) is 13.9. The minimum Gasteiger partial charge on any atom is -0.507 e. The summed E-state index contributed by atoms with van der Waals surface area (Å²) in [7, 11) is 0. The first kappa shape index (κ1) is 31.8. The fourth-order valence-electron chi connectivity index (χ4n) is 4.72. The molecule has 0 heterocycles. The lowest BCUT2D eigenvalue weighted by atomic mass is 9.94. The number of benzene rings is 1. The van der Waals surface area contributed by atoms with Gasteiger partial charge in [0.25, 0.3) is 0 Å². The van der Waals surface area contributed by atoms with Gasteiger partial charge in [0.1, 0.15) is 23.4 Å². The molecule has 1 aliphatic carbocycles. The standard InChI is InChI=1S/C29H47N3O5S/c1-7-8-18-32(27(35)23(17-19-38-6)31-28(36)37-29(3,4)5)24(22-16-12-13-20(2)25(22)33)26(34)30-21-14-10-9-11-15-21/h12-13,16,21,23-24,33H,7-11,14-15,17-19H2,1-6H3,(H,30,34)(H,31,36). The van der Waals surface area contributed by atoms with E-state index >= 15 is 0 Å². The van der Waals surface area contributed by atoms with Crippen LogP contribution in [0.25, 0.3) is 0 Å². The third-order valence-electron chi connectivity index (χ3n) is 6.71. The zero-order chi connectivity index (χ0) is 28.3. The number of hydrogen-bond acceptors (Lipinski definition) is 6. The molecule has 1 aliphatic rings. The van der Waals surface area contributed by atoms with E-state index in [0.717, 1.165) is 38.5 Å². The molecule has 9 heteroatoms. The number of unbranched alkanes of at least 4 members (excludes halogenated alkanes) is 1. The molecule has 214 valence electrons. The Morgan fingerprint density at radius 2 is 1.87 bits per heavy atom. The predicted octanol–water partition coefficient (Wildman–Crippen LogP) is 5.47. The molecule has 2 unspecified atom stereocenters. The van der Waals surface area contributed by atoms with E-state index in [1.165, 1.54) is 0 Å². The van der Waals surface area contributed by atoms with Gasteiger partial charge in [0.15, 0.2) is 0 Å². The minimum atomic E-state index is -1.02. The number of phenols is 1. The lowest BCUT2D eigenvalue weighted by Gasteiger charge is -2.36. The Bertz CT molecular complexity index is 927.